The second kappa shape index (κ2) is 6.08. The van der Waals surface area contributed by atoms with Gasteiger partial charge in [0.25, 0.3) is 0 Å². The standard InChI is InChI=1S/C15H18BrN3/c1-19(9-11-5-3-2-4-6-11)10-12-7-13(17)8-14(16)15(12)18/h2-8H,9-10,17-18H2,1H3. The third-order valence-corrected chi connectivity index (χ3v) is 3.63. The van der Waals surface area contributed by atoms with Crippen molar-refractivity contribution in [1.29, 1.82) is 0 Å². The number of halogens is 1. The Bertz CT molecular complexity index is 555. The summed E-state index contributed by atoms with van der Waals surface area (Å²) in [5.41, 5.74) is 15.7. The number of nitrogen functional groups attached to an aromatic ring is 2. The third kappa shape index (κ3) is 3.72. The highest BCUT2D eigenvalue weighted by Gasteiger charge is 2.08. The van der Waals surface area contributed by atoms with Crippen LogP contribution in [-0.4, -0.2) is 11.9 Å². The van der Waals surface area contributed by atoms with Crippen LogP contribution in [0.2, 0.25) is 0 Å². The van der Waals surface area contributed by atoms with Gasteiger partial charge in [-0.3, -0.25) is 4.90 Å². The number of hydrogen-bond donors (Lipinski definition) is 2. The van der Waals surface area contributed by atoms with Gasteiger partial charge in [0.1, 0.15) is 0 Å². The predicted octanol–water partition coefficient (Wildman–Crippen LogP) is 3.25. The molecule has 3 nitrogen and oxygen atoms in total. The summed E-state index contributed by atoms with van der Waals surface area (Å²) < 4.78 is 0.857. The fourth-order valence-corrected chi connectivity index (χ4v) is 2.59. The molecule has 0 aliphatic heterocycles. The Morgan fingerprint density at radius 1 is 1.05 bits per heavy atom. The van der Waals surface area contributed by atoms with Crippen molar-refractivity contribution in [3.05, 3.63) is 58.1 Å². The van der Waals surface area contributed by atoms with Crippen molar-refractivity contribution in [3.63, 3.8) is 0 Å². The first-order valence-electron chi connectivity index (χ1n) is 6.12. The van der Waals surface area contributed by atoms with Gasteiger partial charge >= 0.3 is 0 Å². The summed E-state index contributed by atoms with van der Waals surface area (Å²) in [6.45, 7) is 1.65. The number of rotatable bonds is 4. The van der Waals surface area contributed by atoms with E-state index in [9.17, 15) is 0 Å². The molecular weight excluding hydrogens is 302 g/mol. The SMILES string of the molecule is CN(Cc1ccccc1)Cc1cc(N)cc(Br)c1N. The van der Waals surface area contributed by atoms with E-state index in [0.717, 1.165) is 34.5 Å². The second-order valence-electron chi connectivity index (χ2n) is 4.73. The van der Waals surface area contributed by atoms with Crippen LogP contribution in [0.1, 0.15) is 11.1 Å². The quantitative estimate of drug-likeness (QED) is 0.850. The van der Waals surface area contributed by atoms with Gasteiger partial charge in [0.15, 0.2) is 0 Å². The van der Waals surface area contributed by atoms with E-state index < -0.39 is 0 Å². The van der Waals surface area contributed by atoms with Gasteiger partial charge in [-0.05, 0) is 46.2 Å². The minimum atomic E-state index is 0.726. The summed E-state index contributed by atoms with van der Waals surface area (Å²) in [7, 11) is 2.07. The number of anilines is 2. The second-order valence-corrected chi connectivity index (χ2v) is 5.59. The van der Waals surface area contributed by atoms with Crippen LogP contribution >= 0.6 is 15.9 Å². The number of nitrogens with two attached hydrogens (primary N) is 2. The van der Waals surface area contributed by atoms with Gasteiger partial charge in [-0.2, -0.15) is 0 Å². The van der Waals surface area contributed by atoms with Gasteiger partial charge in [-0.15, -0.1) is 0 Å². The predicted molar refractivity (Wildman–Crippen MR) is 84.6 cm³/mol. The Hall–Kier alpha value is -1.52. The van der Waals surface area contributed by atoms with E-state index in [2.05, 4.69) is 52.1 Å². The minimum absolute atomic E-state index is 0.726. The Morgan fingerprint density at radius 3 is 2.42 bits per heavy atom. The van der Waals surface area contributed by atoms with Crippen LogP contribution in [0.3, 0.4) is 0 Å². The summed E-state index contributed by atoms with van der Waals surface area (Å²) in [5.74, 6) is 0. The Balaban J connectivity index is 2.09. The van der Waals surface area contributed by atoms with E-state index in [1.807, 2.05) is 18.2 Å². The zero-order valence-corrected chi connectivity index (χ0v) is 12.5. The van der Waals surface area contributed by atoms with Gasteiger partial charge in [-0.25, -0.2) is 0 Å². The van der Waals surface area contributed by atoms with E-state index in [-0.39, 0.29) is 0 Å². The smallest absolute Gasteiger partial charge is 0.0505 e. The molecule has 19 heavy (non-hydrogen) atoms. The maximum absolute atomic E-state index is 6.06. The van der Waals surface area contributed by atoms with Gasteiger partial charge in [-0.1, -0.05) is 30.3 Å². The molecular formula is C15H18BrN3. The molecule has 0 amide bonds. The van der Waals surface area contributed by atoms with Gasteiger partial charge in [0, 0.05) is 23.2 Å². The average molecular weight is 320 g/mol. The lowest BCUT2D eigenvalue weighted by atomic mass is 10.1. The van der Waals surface area contributed by atoms with Crippen LogP contribution in [-0.2, 0) is 13.1 Å². The summed E-state index contributed by atoms with van der Waals surface area (Å²) >= 11 is 3.43. The molecule has 2 aromatic rings. The Kier molecular flexibility index (Phi) is 4.45. The number of benzene rings is 2. The van der Waals surface area contributed by atoms with Crippen LogP contribution in [0, 0.1) is 0 Å². The number of nitrogens with zero attached hydrogens (tertiary/aromatic N) is 1. The fourth-order valence-electron chi connectivity index (χ4n) is 2.07. The third-order valence-electron chi connectivity index (χ3n) is 2.97. The van der Waals surface area contributed by atoms with Crippen molar-refractivity contribution in [2.24, 2.45) is 0 Å². The molecule has 0 bridgehead atoms. The molecule has 0 spiro atoms. The molecule has 0 heterocycles. The molecule has 4 N–H and O–H groups in total. The first-order chi connectivity index (χ1) is 9.06. The first kappa shape index (κ1) is 13.9. The highest BCUT2D eigenvalue weighted by molar-refractivity contribution is 9.10. The molecule has 2 aromatic carbocycles. The molecule has 4 heteroatoms. The first-order valence-corrected chi connectivity index (χ1v) is 6.91. The summed E-state index contributed by atoms with van der Waals surface area (Å²) in [6, 6.07) is 14.1. The molecule has 0 saturated heterocycles. The molecule has 100 valence electrons. The largest absolute Gasteiger partial charge is 0.399 e. The van der Waals surface area contributed by atoms with Crippen molar-refractivity contribution in [3.8, 4) is 0 Å². The zero-order chi connectivity index (χ0) is 13.8. The van der Waals surface area contributed by atoms with Crippen molar-refractivity contribution in [1.82, 2.24) is 4.90 Å². The van der Waals surface area contributed by atoms with E-state index in [0.29, 0.717) is 0 Å². The van der Waals surface area contributed by atoms with E-state index in [1.165, 1.54) is 5.56 Å². The Morgan fingerprint density at radius 2 is 1.74 bits per heavy atom. The maximum atomic E-state index is 6.06. The molecule has 0 aliphatic carbocycles. The van der Waals surface area contributed by atoms with Crippen molar-refractivity contribution >= 4 is 27.3 Å². The molecule has 2 rings (SSSR count). The highest BCUT2D eigenvalue weighted by atomic mass is 79.9. The van der Waals surface area contributed by atoms with Crippen molar-refractivity contribution < 1.29 is 0 Å². The average Bonchev–Trinajstić information content (AvgIpc) is 2.36. The van der Waals surface area contributed by atoms with Gasteiger partial charge < -0.3 is 11.5 Å². The van der Waals surface area contributed by atoms with Crippen LogP contribution in [0.4, 0.5) is 11.4 Å². The minimum Gasteiger partial charge on any atom is -0.399 e. The summed E-state index contributed by atoms with van der Waals surface area (Å²) in [5, 5.41) is 0. The molecule has 0 atom stereocenters. The monoisotopic (exact) mass is 319 g/mol. The lowest BCUT2D eigenvalue weighted by molar-refractivity contribution is 0.319. The summed E-state index contributed by atoms with van der Waals surface area (Å²) in [4.78, 5) is 2.22. The molecule has 0 aromatic heterocycles. The molecule has 0 fully saturated rings. The lowest BCUT2D eigenvalue weighted by Crippen LogP contribution is -2.18. The van der Waals surface area contributed by atoms with Crippen molar-refractivity contribution in [2.75, 3.05) is 18.5 Å². The molecule has 0 radical (unpaired) electrons. The molecule has 0 aliphatic rings. The van der Waals surface area contributed by atoms with Crippen LogP contribution in [0.15, 0.2) is 46.9 Å². The normalized spacial score (nSPS) is 10.9. The maximum Gasteiger partial charge on any atom is 0.0505 e. The van der Waals surface area contributed by atoms with Crippen LogP contribution in [0.5, 0.6) is 0 Å². The topological polar surface area (TPSA) is 55.3 Å². The molecule has 0 saturated carbocycles. The fraction of sp³-hybridized carbons (Fsp3) is 0.200. The van der Waals surface area contributed by atoms with Crippen molar-refractivity contribution in [2.45, 2.75) is 13.1 Å². The lowest BCUT2D eigenvalue weighted by Gasteiger charge is -2.19. The van der Waals surface area contributed by atoms with E-state index in [1.54, 1.807) is 0 Å². The molecule has 0 unspecified atom stereocenters. The highest BCUT2D eigenvalue weighted by Crippen LogP contribution is 2.27. The van der Waals surface area contributed by atoms with Crippen LogP contribution < -0.4 is 11.5 Å². The zero-order valence-electron chi connectivity index (χ0n) is 10.9. The Labute approximate surface area is 122 Å². The van der Waals surface area contributed by atoms with E-state index in [4.69, 9.17) is 11.5 Å². The summed E-state index contributed by atoms with van der Waals surface area (Å²) in [6.07, 6.45) is 0. The van der Waals surface area contributed by atoms with E-state index >= 15 is 0 Å². The van der Waals surface area contributed by atoms with Crippen LogP contribution in [0.25, 0.3) is 0 Å². The van der Waals surface area contributed by atoms with Gasteiger partial charge in [0.2, 0.25) is 0 Å². The van der Waals surface area contributed by atoms with Gasteiger partial charge in [0.05, 0.1) is 5.69 Å². The number of hydrogen-bond acceptors (Lipinski definition) is 3.